The highest BCUT2D eigenvalue weighted by Gasteiger charge is 2.14. The summed E-state index contributed by atoms with van der Waals surface area (Å²) >= 11 is 0. The summed E-state index contributed by atoms with van der Waals surface area (Å²) in [6, 6.07) is 21.4. The monoisotopic (exact) mass is 335 g/mol. The van der Waals surface area contributed by atoms with Gasteiger partial charge < -0.3 is 16.3 Å². The maximum atomic E-state index is 14.0. The van der Waals surface area contributed by atoms with Gasteiger partial charge in [0.15, 0.2) is 5.84 Å². The van der Waals surface area contributed by atoms with E-state index in [4.69, 9.17) is 5.84 Å². The van der Waals surface area contributed by atoms with Gasteiger partial charge in [0, 0.05) is 5.56 Å². The third-order valence-corrected chi connectivity index (χ3v) is 3.92. The van der Waals surface area contributed by atoms with Crippen LogP contribution < -0.4 is 11.2 Å². The van der Waals surface area contributed by atoms with Crippen molar-refractivity contribution >= 4 is 11.5 Å². The zero-order valence-corrected chi connectivity index (χ0v) is 13.5. The Morgan fingerprint density at radius 3 is 2.28 bits per heavy atom. The molecule has 0 heterocycles. The molecule has 0 aliphatic rings. The van der Waals surface area contributed by atoms with Crippen molar-refractivity contribution in [1.29, 1.82) is 0 Å². The van der Waals surface area contributed by atoms with E-state index in [1.807, 2.05) is 48.5 Å². The van der Waals surface area contributed by atoms with Crippen molar-refractivity contribution in [2.45, 2.75) is 6.61 Å². The second-order valence-electron chi connectivity index (χ2n) is 5.44. The molecule has 0 bridgehead atoms. The van der Waals surface area contributed by atoms with Crippen molar-refractivity contribution < 1.29 is 9.50 Å². The van der Waals surface area contributed by atoms with Crippen LogP contribution in [0.3, 0.4) is 0 Å². The van der Waals surface area contributed by atoms with Crippen LogP contribution >= 0.6 is 0 Å². The molecule has 0 saturated carbocycles. The number of nitrogens with zero attached hydrogens (tertiary/aromatic N) is 1. The molecule has 126 valence electrons. The number of rotatable bonds is 4. The van der Waals surface area contributed by atoms with Crippen LogP contribution in [0.5, 0.6) is 0 Å². The third kappa shape index (κ3) is 3.51. The van der Waals surface area contributed by atoms with Crippen molar-refractivity contribution in [3.05, 3.63) is 89.7 Å². The predicted octanol–water partition coefficient (Wildman–Crippen LogP) is 3.72. The molecule has 0 saturated heterocycles. The quantitative estimate of drug-likeness (QED) is 0.294. The zero-order valence-electron chi connectivity index (χ0n) is 13.5. The van der Waals surface area contributed by atoms with Crippen LogP contribution in [0, 0.1) is 5.82 Å². The van der Waals surface area contributed by atoms with E-state index in [1.165, 1.54) is 6.07 Å². The summed E-state index contributed by atoms with van der Waals surface area (Å²) in [5.41, 5.74) is 3.51. The van der Waals surface area contributed by atoms with Crippen LogP contribution in [0.25, 0.3) is 11.1 Å². The molecule has 3 aromatic rings. The number of amidine groups is 1. The van der Waals surface area contributed by atoms with Crippen molar-refractivity contribution in [2.24, 2.45) is 10.9 Å². The molecular weight excluding hydrogens is 317 g/mol. The minimum atomic E-state index is -0.392. The van der Waals surface area contributed by atoms with E-state index in [0.29, 0.717) is 11.4 Å². The van der Waals surface area contributed by atoms with E-state index in [9.17, 15) is 9.50 Å². The Morgan fingerprint density at radius 2 is 1.56 bits per heavy atom. The minimum Gasteiger partial charge on any atom is -0.392 e. The molecule has 0 unspecified atom stereocenters. The Bertz CT molecular complexity index is 909. The molecule has 4 N–H and O–H groups in total. The van der Waals surface area contributed by atoms with Crippen LogP contribution in [0.15, 0.2) is 77.9 Å². The summed E-state index contributed by atoms with van der Waals surface area (Å²) in [6.45, 7) is -0.0830. The summed E-state index contributed by atoms with van der Waals surface area (Å²) in [6.07, 6.45) is 0. The first-order valence-corrected chi connectivity index (χ1v) is 7.82. The minimum absolute atomic E-state index is 0.0830. The van der Waals surface area contributed by atoms with Crippen molar-refractivity contribution in [1.82, 2.24) is 0 Å². The highest BCUT2D eigenvalue weighted by atomic mass is 19.1. The maximum absolute atomic E-state index is 14.0. The standard InChI is InChI=1S/C20H18FN3O/c21-18-11-5-6-12-19(18)23-20(24-22)17-10-4-3-9-16(17)15-8-2-1-7-14(15)13-25/h1-12,25H,13,22H2,(H,23,24). The number of benzene rings is 3. The average Bonchev–Trinajstić information content (AvgIpc) is 2.67. The smallest absolute Gasteiger partial charge is 0.157 e. The highest BCUT2D eigenvalue weighted by Crippen LogP contribution is 2.28. The van der Waals surface area contributed by atoms with Crippen molar-refractivity contribution in [2.75, 3.05) is 5.32 Å². The Hall–Kier alpha value is -3.18. The summed E-state index contributed by atoms with van der Waals surface area (Å²) in [5, 5.41) is 16.4. The summed E-state index contributed by atoms with van der Waals surface area (Å²) in [4.78, 5) is 0. The van der Waals surface area contributed by atoms with Gasteiger partial charge in [-0.05, 0) is 28.8 Å². The second kappa shape index (κ2) is 7.59. The Kier molecular flexibility index (Phi) is 5.06. The van der Waals surface area contributed by atoms with E-state index >= 15 is 0 Å². The number of para-hydroxylation sites is 1. The van der Waals surface area contributed by atoms with Crippen molar-refractivity contribution in [3.8, 4) is 11.1 Å². The van der Waals surface area contributed by atoms with Crippen LogP contribution in [0.1, 0.15) is 11.1 Å². The third-order valence-electron chi connectivity index (χ3n) is 3.92. The fourth-order valence-corrected chi connectivity index (χ4v) is 2.70. The van der Waals surface area contributed by atoms with Crippen LogP contribution in [-0.4, -0.2) is 10.9 Å². The number of aliphatic hydroxyl groups excluding tert-OH is 1. The SMILES string of the molecule is N/N=C(\Nc1ccccc1F)c1ccccc1-c1ccccc1CO. The van der Waals surface area contributed by atoms with Crippen LogP contribution in [-0.2, 0) is 6.61 Å². The first-order chi connectivity index (χ1) is 12.2. The number of anilines is 1. The normalized spacial score (nSPS) is 11.4. The average molecular weight is 335 g/mol. The molecule has 0 aromatic heterocycles. The van der Waals surface area contributed by atoms with Gasteiger partial charge in [-0.2, -0.15) is 5.10 Å². The first-order valence-electron chi connectivity index (χ1n) is 7.82. The fourth-order valence-electron chi connectivity index (χ4n) is 2.70. The van der Waals surface area contributed by atoms with Gasteiger partial charge >= 0.3 is 0 Å². The lowest BCUT2D eigenvalue weighted by Gasteiger charge is -2.15. The van der Waals surface area contributed by atoms with E-state index in [0.717, 1.165) is 16.7 Å². The number of nitrogens with two attached hydrogens (primary N) is 1. The van der Waals surface area contributed by atoms with E-state index in [2.05, 4.69) is 10.4 Å². The lowest BCUT2D eigenvalue weighted by molar-refractivity contribution is 0.282. The largest absolute Gasteiger partial charge is 0.392 e. The molecular formula is C20H18FN3O. The molecule has 5 heteroatoms. The van der Waals surface area contributed by atoms with Crippen LogP contribution in [0.2, 0.25) is 0 Å². The van der Waals surface area contributed by atoms with Gasteiger partial charge in [0.05, 0.1) is 12.3 Å². The molecule has 0 atom stereocenters. The lowest BCUT2D eigenvalue weighted by Crippen LogP contribution is -2.17. The number of hydrogen-bond acceptors (Lipinski definition) is 3. The Morgan fingerprint density at radius 1 is 0.920 bits per heavy atom. The topological polar surface area (TPSA) is 70.6 Å². The van der Waals surface area contributed by atoms with Gasteiger partial charge in [-0.15, -0.1) is 0 Å². The lowest BCUT2D eigenvalue weighted by atomic mass is 9.95. The van der Waals surface area contributed by atoms with Gasteiger partial charge in [-0.3, -0.25) is 0 Å². The maximum Gasteiger partial charge on any atom is 0.157 e. The predicted molar refractivity (Wildman–Crippen MR) is 98.5 cm³/mol. The Labute approximate surface area is 145 Å². The molecule has 0 fully saturated rings. The number of halogens is 1. The number of aliphatic hydroxyl groups is 1. The van der Waals surface area contributed by atoms with Crippen LogP contribution in [0.4, 0.5) is 10.1 Å². The van der Waals surface area contributed by atoms with Gasteiger partial charge in [0.2, 0.25) is 0 Å². The van der Waals surface area contributed by atoms with E-state index in [1.54, 1.807) is 18.2 Å². The second-order valence-corrected chi connectivity index (χ2v) is 5.44. The Balaban J connectivity index is 2.07. The summed E-state index contributed by atoms with van der Waals surface area (Å²) in [5.74, 6) is 5.52. The van der Waals surface area contributed by atoms with E-state index in [-0.39, 0.29) is 12.3 Å². The van der Waals surface area contributed by atoms with Gasteiger partial charge in [-0.25, -0.2) is 4.39 Å². The molecule has 25 heavy (non-hydrogen) atoms. The van der Waals surface area contributed by atoms with Crippen molar-refractivity contribution in [3.63, 3.8) is 0 Å². The zero-order chi connectivity index (χ0) is 17.6. The molecule has 0 aliphatic carbocycles. The van der Waals surface area contributed by atoms with E-state index < -0.39 is 5.82 Å². The summed E-state index contributed by atoms with van der Waals surface area (Å²) in [7, 11) is 0. The van der Waals surface area contributed by atoms with Gasteiger partial charge in [-0.1, -0.05) is 60.7 Å². The molecule has 3 rings (SSSR count). The molecule has 3 aromatic carbocycles. The number of hydrazone groups is 1. The van der Waals surface area contributed by atoms with Gasteiger partial charge in [0.1, 0.15) is 5.82 Å². The molecule has 0 radical (unpaired) electrons. The summed E-state index contributed by atoms with van der Waals surface area (Å²) < 4.78 is 14.0. The number of nitrogens with one attached hydrogen (secondary N) is 1. The fraction of sp³-hybridized carbons (Fsp3) is 0.0500. The number of hydrogen-bond donors (Lipinski definition) is 3. The molecule has 0 aliphatic heterocycles. The molecule has 4 nitrogen and oxygen atoms in total. The first kappa shape index (κ1) is 16.7. The molecule has 0 spiro atoms. The molecule has 0 amide bonds. The van der Waals surface area contributed by atoms with Gasteiger partial charge in [0.25, 0.3) is 0 Å². The highest BCUT2D eigenvalue weighted by molar-refractivity contribution is 6.12.